The van der Waals surface area contributed by atoms with Crippen LogP contribution in [0.5, 0.6) is 0 Å². The molecule has 0 bridgehead atoms. The van der Waals surface area contributed by atoms with Crippen LogP contribution in [0.3, 0.4) is 0 Å². The van der Waals surface area contributed by atoms with Gasteiger partial charge in [-0.15, -0.1) is 0 Å². The molecule has 2 aromatic rings. The number of hydrogen-bond acceptors (Lipinski definition) is 2. The molecule has 19 heavy (non-hydrogen) atoms. The van der Waals surface area contributed by atoms with Crippen LogP contribution in [0.1, 0.15) is 41.9 Å². The maximum atomic E-state index is 12.1. The normalized spacial score (nSPS) is 17.3. The van der Waals surface area contributed by atoms with Crippen LogP contribution in [-0.4, -0.2) is 15.6 Å². The van der Waals surface area contributed by atoms with Gasteiger partial charge in [0.15, 0.2) is 5.78 Å². The molecular formula is C16H18N2O. The number of nitrogens with zero attached hydrogens (tertiary/aromatic N) is 2. The molecule has 1 aliphatic carbocycles. The summed E-state index contributed by atoms with van der Waals surface area (Å²) in [6.07, 6.45) is 3.27. The molecule has 0 atom stereocenters. The number of aromatic nitrogens is 2. The number of hydrogen-bond donors (Lipinski definition) is 0. The topological polar surface area (TPSA) is 34.9 Å². The van der Waals surface area contributed by atoms with Crippen molar-refractivity contribution in [3.05, 3.63) is 53.3 Å². The molecule has 1 aromatic heterocycles. The number of ketones is 1. The summed E-state index contributed by atoms with van der Waals surface area (Å²) in [5.74, 6) is 0.227. The summed E-state index contributed by atoms with van der Waals surface area (Å²) in [5.41, 5.74) is 3.16. The highest BCUT2D eigenvalue weighted by atomic mass is 16.1. The van der Waals surface area contributed by atoms with Gasteiger partial charge in [-0.05, 0) is 17.4 Å². The van der Waals surface area contributed by atoms with E-state index in [1.165, 1.54) is 5.56 Å². The van der Waals surface area contributed by atoms with E-state index in [0.717, 1.165) is 24.2 Å². The molecule has 0 radical (unpaired) electrons. The first-order valence-corrected chi connectivity index (χ1v) is 6.67. The fourth-order valence-corrected chi connectivity index (χ4v) is 2.77. The molecule has 0 saturated heterocycles. The van der Waals surface area contributed by atoms with Gasteiger partial charge in [0.25, 0.3) is 0 Å². The average Bonchev–Trinajstić information content (AvgIpc) is 2.72. The van der Waals surface area contributed by atoms with E-state index in [1.54, 1.807) is 6.20 Å². The van der Waals surface area contributed by atoms with E-state index < -0.39 is 0 Å². The minimum atomic E-state index is 0.0402. The molecule has 0 N–H and O–H groups in total. The van der Waals surface area contributed by atoms with Crippen molar-refractivity contribution in [2.75, 3.05) is 0 Å². The lowest BCUT2D eigenvalue weighted by atomic mass is 9.76. The summed E-state index contributed by atoms with van der Waals surface area (Å²) in [6.45, 7) is 5.03. The Bertz CT molecular complexity index is 611. The number of Topliss-reactive ketones (excluding diaryl/α,β-unsaturated/α-hetero) is 1. The van der Waals surface area contributed by atoms with Gasteiger partial charge in [-0.1, -0.05) is 44.2 Å². The van der Waals surface area contributed by atoms with Crippen LogP contribution in [0.25, 0.3) is 0 Å². The lowest BCUT2D eigenvalue weighted by molar-refractivity contribution is 0.0910. The van der Waals surface area contributed by atoms with Crippen molar-refractivity contribution >= 4 is 5.78 Å². The Kier molecular flexibility index (Phi) is 2.77. The van der Waals surface area contributed by atoms with E-state index in [4.69, 9.17) is 0 Å². The van der Waals surface area contributed by atoms with Crippen molar-refractivity contribution in [1.29, 1.82) is 0 Å². The summed E-state index contributed by atoms with van der Waals surface area (Å²) in [7, 11) is 0. The van der Waals surface area contributed by atoms with Crippen LogP contribution in [-0.2, 0) is 13.0 Å². The standard InChI is InChI=1S/C16H18N2O/c1-16(2)8-14-13(15(19)9-16)10-17-18(14)11-12-6-4-3-5-7-12/h3-7,10H,8-9,11H2,1-2H3. The van der Waals surface area contributed by atoms with E-state index in [2.05, 4.69) is 31.1 Å². The van der Waals surface area contributed by atoms with Crippen molar-refractivity contribution in [1.82, 2.24) is 9.78 Å². The molecule has 0 amide bonds. The molecule has 1 aromatic carbocycles. The smallest absolute Gasteiger partial charge is 0.166 e. The monoisotopic (exact) mass is 254 g/mol. The molecule has 0 spiro atoms. The average molecular weight is 254 g/mol. The maximum absolute atomic E-state index is 12.1. The Hall–Kier alpha value is -1.90. The van der Waals surface area contributed by atoms with Gasteiger partial charge in [0.1, 0.15) is 0 Å². The summed E-state index contributed by atoms with van der Waals surface area (Å²) < 4.78 is 1.98. The van der Waals surface area contributed by atoms with Crippen molar-refractivity contribution in [3.63, 3.8) is 0 Å². The number of benzene rings is 1. The largest absolute Gasteiger partial charge is 0.294 e. The zero-order chi connectivity index (χ0) is 13.5. The van der Waals surface area contributed by atoms with Gasteiger partial charge in [0.05, 0.1) is 24.0 Å². The SMILES string of the molecule is CC1(C)CC(=O)c2cnn(Cc3ccccc3)c2C1. The highest BCUT2D eigenvalue weighted by Gasteiger charge is 2.33. The first-order valence-electron chi connectivity index (χ1n) is 6.67. The number of rotatable bonds is 2. The van der Waals surface area contributed by atoms with Crippen LogP contribution >= 0.6 is 0 Å². The zero-order valence-electron chi connectivity index (χ0n) is 11.4. The molecule has 3 rings (SSSR count). The fraction of sp³-hybridized carbons (Fsp3) is 0.375. The molecule has 98 valence electrons. The lowest BCUT2D eigenvalue weighted by Gasteiger charge is -2.28. The molecule has 1 heterocycles. The summed E-state index contributed by atoms with van der Waals surface area (Å²) in [6, 6.07) is 10.2. The third kappa shape index (κ3) is 2.33. The minimum Gasteiger partial charge on any atom is -0.294 e. The molecule has 0 saturated carbocycles. The Labute approximate surface area is 113 Å². The van der Waals surface area contributed by atoms with Crippen molar-refractivity contribution in [2.24, 2.45) is 5.41 Å². The maximum Gasteiger partial charge on any atom is 0.166 e. The first kappa shape index (κ1) is 12.2. The van der Waals surface area contributed by atoms with Crippen molar-refractivity contribution in [2.45, 2.75) is 33.2 Å². The summed E-state index contributed by atoms with van der Waals surface area (Å²) in [5, 5.41) is 4.40. The quantitative estimate of drug-likeness (QED) is 0.825. The second-order valence-electron chi connectivity index (χ2n) is 6.09. The third-order valence-corrected chi connectivity index (χ3v) is 3.71. The van der Waals surface area contributed by atoms with Crippen LogP contribution in [0.4, 0.5) is 0 Å². The van der Waals surface area contributed by atoms with E-state index in [1.807, 2.05) is 22.9 Å². The summed E-state index contributed by atoms with van der Waals surface area (Å²) >= 11 is 0. The predicted molar refractivity (Wildman–Crippen MR) is 74.2 cm³/mol. The highest BCUT2D eigenvalue weighted by Crippen LogP contribution is 2.34. The summed E-state index contributed by atoms with van der Waals surface area (Å²) in [4.78, 5) is 12.1. The van der Waals surface area contributed by atoms with E-state index in [0.29, 0.717) is 6.42 Å². The van der Waals surface area contributed by atoms with E-state index >= 15 is 0 Å². The second kappa shape index (κ2) is 4.34. The molecule has 0 unspecified atom stereocenters. The Balaban J connectivity index is 1.95. The van der Waals surface area contributed by atoms with E-state index in [9.17, 15) is 4.79 Å². The number of fused-ring (bicyclic) bond motifs is 1. The second-order valence-corrected chi connectivity index (χ2v) is 6.09. The van der Waals surface area contributed by atoms with Crippen LogP contribution in [0.2, 0.25) is 0 Å². The van der Waals surface area contributed by atoms with Crippen LogP contribution in [0.15, 0.2) is 36.5 Å². The van der Waals surface area contributed by atoms with Crippen molar-refractivity contribution < 1.29 is 4.79 Å². The van der Waals surface area contributed by atoms with Gasteiger partial charge in [-0.3, -0.25) is 9.48 Å². The Morgan fingerprint density at radius 2 is 1.95 bits per heavy atom. The minimum absolute atomic E-state index is 0.0402. The van der Waals surface area contributed by atoms with Gasteiger partial charge < -0.3 is 0 Å². The highest BCUT2D eigenvalue weighted by molar-refractivity contribution is 5.98. The van der Waals surface area contributed by atoms with Gasteiger partial charge in [-0.2, -0.15) is 5.10 Å². The number of carbonyl (C=O) groups is 1. The Morgan fingerprint density at radius 1 is 1.21 bits per heavy atom. The van der Waals surface area contributed by atoms with Gasteiger partial charge >= 0.3 is 0 Å². The van der Waals surface area contributed by atoms with Crippen LogP contribution < -0.4 is 0 Å². The van der Waals surface area contributed by atoms with Crippen LogP contribution in [0, 0.1) is 5.41 Å². The zero-order valence-corrected chi connectivity index (χ0v) is 11.4. The van der Waals surface area contributed by atoms with Gasteiger partial charge in [0.2, 0.25) is 0 Å². The molecular weight excluding hydrogens is 236 g/mol. The third-order valence-electron chi connectivity index (χ3n) is 3.71. The lowest BCUT2D eigenvalue weighted by Crippen LogP contribution is -2.28. The number of carbonyl (C=O) groups excluding carboxylic acids is 1. The predicted octanol–water partition coefficient (Wildman–Crippen LogP) is 3.09. The molecule has 0 fully saturated rings. The van der Waals surface area contributed by atoms with Crippen molar-refractivity contribution in [3.8, 4) is 0 Å². The van der Waals surface area contributed by atoms with E-state index in [-0.39, 0.29) is 11.2 Å². The Morgan fingerprint density at radius 3 is 2.68 bits per heavy atom. The fourth-order valence-electron chi connectivity index (χ4n) is 2.77. The van der Waals surface area contributed by atoms with Gasteiger partial charge in [-0.25, -0.2) is 0 Å². The molecule has 3 nitrogen and oxygen atoms in total. The van der Waals surface area contributed by atoms with Gasteiger partial charge in [0, 0.05) is 6.42 Å². The molecule has 3 heteroatoms. The first-order chi connectivity index (χ1) is 9.05. The molecule has 1 aliphatic rings. The molecule has 0 aliphatic heterocycles.